The Morgan fingerprint density at radius 2 is 2.17 bits per heavy atom. The number of hydrogen-bond donors (Lipinski definition) is 1. The summed E-state index contributed by atoms with van der Waals surface area (Å²) < 4.78 is 5.18. The molecule has 0 bridgehead atoms. The fourth-order valence-electron chi connectivity index (χ4n) is 1.06. The second kappa shape index (κ2) is 4.32. The molecule has 0 aliphatic carbocycles. The summed E-state index contributed by atoms with van der Waals surface area (Å²) in [6.07, 6.45) is 0. The smallest absolute Gasteiger partial charge is 0.141 e. The van der Waals surface area contributed by atoms with Gasteiger partial charge in [0.1, 0.15) is 5.75 Å². The van der Waals surface area contributed by atoms with Gasteiger partial charge in [-0.15, -0.1) is 0 Å². The van der Waals surface area contributed by atoms with E-state index in [4.69, 9.17) is 4.74 Å². The molecule has 0 fully saturated rings. The SMILES string of the molecule is CNc1cc(PC)ccc1OC. The minimum atomic E-state index is 0.832. The van der Waals surface area contributed by atoms with E-state index in [1.165, 1.54) is 5.30 Å². The Morgan fingerprint density at radius 3 is 2.67 bits per heavy atom. The lowest BCUT2D eigenvalue weighted by Crippen LogP contribution is -1.99. The maximum atomic E-state index is 5.18. The summed E-state index contributed by atoms with van der Waals surface area (Å²) in [5.74, 6) is 0.902. The van der Waals surface area contributed by atoms with Crippen LogP contribution < -0.4 is 15.4 Å². The number of rotatable bonds is 3. The van der Waals surface area contributed by atoms with Crippen LogP contribution in [0.15, 0.2) is 18.2 Å². The van der Waals surface area contributed by atoms with Gasteiger partial charge in [0.15, 0.2) is 0 Å². The average Bonchev–Trinajstić information content (AvgIpc) is 2.16. The summed E-state index contributed by atoms with van der Waals surface area (Å²) >= 11 is 0. The van der Waals surface area contributed by atoms with Gasteiger partial charge < -0.3 is 10.1 Å². The van der Waals surface area contributed by atoms with Gasteiger partial charge >= 0.3 is 0 Å². The minimum Gasteiger partial charge on any atom is -0.495 e. The van der Waals surface area contributed by atoms with E-state index in [1.807, 2.05) is 13.1 Å². The number of ether oxygens (including phenoxy) is 1. The van der Waals surface area contributed by atoms with Crippen molar-refractivity contribution in [3.05, 3.63) is 18.2 Å². The fourth-order valence-corrected chi connectivity index (χ4v) is 1.60. The highest BCUT2D eigenvalue weighted by Gasteiger charge is 2.00. The Hall–Kier alpha value is -0.750. The Bertz CT molecular complexity index is 263. The zero-order valence-corrected chi connectivity index (χ0v) is 8.64. The van der Waals surface area contributed by atoms with Gasteiger partial charge in [-0.1, -0.05) is 14.6 Å². The quantitative estimate of drug-likeness (QED) is 0.720. The third kappa shape index (κ3) is 1.89. The van der Waals surface area contributed by atoms with Crippen molar-refractivity contribution in [2.45, 2.75) is 0 Å². The van der Waals surface area contributed by atoms with Crippen LogP contribution in [-0.4, -0.2) is 20.8 Å². The molecule has 3 heteroatoms. The maximum absolute atomic E-state index is 5.18. The summed E-state index contributed by atoms with van der Waals surface area (Å²) in [6.45, 7) is 2.17. The molecule has 0 saturated carbocycles. The van der Waals surface area contributed by atoms with Gasteiger partial charge in [0.05, 0.1) is 12.8 Å². The molecule has 0 heterocycles. The fraction of sp³-hybridized carbons (Fsp3) is 0.333. The molecule has 12 heavy (non-hydrogen) atoms. The topological polar surface area (TPSA) is 21.3 Å². The highest BCUT2D eigenvalue weighted by molar-refractivity contribution is 7.46. The first-order chi connectivity index (χ1) is 5.81. The molecule has 1 unspecified atom stereocenters. The van der Waals surface area contributed by atoms with Crippen molar-refractivity contribution >= 4 is 19.6 Å². The first-order valence-electron chi connectivity index (χ1n) is 3.85. The molecule has 2 nitrogen and oxygen atoms in total. The maximum Gasteiger partial charge on any atom is 0.141 e. The van der Waals surface area contributed by atoms with Gasteiger partial charge in [-0.3, -0.25) is 0 Å². The molecule has 1 atom stereocenters. The summed E-state index contributed by atoms with van der Waals surface area (Å²) in [5.41, 5.74) is 1.06. The normalized spacial score (nSPS) is 10.6. The van der Waals surface area contributed by atoms with Gasteiger partial charge in [0.25, 0.3) is 0 Å². The zero-order valence-electron chi connectivity index (χ0n) is 7.64. The van der Waals surface area contributed by atoms with Crippen molar-refractivity contribution in [3.8, 4) is 5.75 Å². The Balaban J connectivity index is 3.02. The molecular formula is C9H14NOP. The summed E-state index contributed by atoms with van der Waals surface area (Å²) in [6, 6.07) is 6.22. The van der Waals surface area contributed by atoms with Crippen LogP contribution in [-0.2, 0) is 0 Å². The van der Waals surface area contributed by atoms with E-state index in [9.17, 15) is 0 Å². The molecule has 0 spiro atoms. The molecule has 66 valence electrons. The van der Waals surface area contributed by atoms with Crippen LogP contribution in [0.4, 0.5) is 5.69 Å². The molecule has 0 radical (unpaired) electrons. The summed E-state index contributed by atoms with van der Waals surface area (Å²) in [4.78, 5) is 0. The van der Waals surface area contributed by atoms with E-state index < -0.39 is 0 Å². The van der Waals surface area contributed by atoms with Gasteiger partial charge in [0, 0.05) is 7.05 Å². The lowest BCUT2D eigenvalue weighted by molar-refractivity contribution is 0.417. The van der Waals surface area contributed by atoms with Gasteiger partial charge in [0.2, 0.25) is 0 Å². The summed E-state index contributed by atoms with van der Waals surface area (Å²) in [5, 5.41) is 4.45. The van der Waals surface area contributed by atoms with Crippen LogP contribution in [0, 0.1) is 0 Å². The Morgan fingerprint density at radius 1 is 1.42 bits per heavy atom. The van der Waals surface area contributed by atoms with Gasteiger partial charge in [-0.25, -0.2) is 0 Å². The van der Waals surface area contributed by atoms with Crippen molar-refractivity contribution < 1.29 is 4.74 Å². The highest BCUT2D eigenvalue weighted by Crippen LogP contribution is 2.23. The number of hydrogen-bond acceptors (Lipinski definition) is 2. The molecule has 0 amide bonds. The second-order valence-corrected chi connectivity index (χ2v) is 3.49. The largest absolute Gasteiger partial charge is 0.495 e. The van der Waals surface area contributed by atoms with E-state index in [0.29, 0.717) is 0 Å². The van der Waals surface area contributed by atoms with E-state index in [2.05, 4.69) is 24.1 Å². The highest BCUT2D eigenvalue weighted by atomic mass is 31.1. The van der Waals surface area contributed by atoms with Gasteiger partial charge in [-0.2, -0.15) is 0 Å². The molecule has 0 aromatic heterocycles. The van der Waals surface area contributed by atoms with E-state index in [0.717, 1.165) is 20.0 Å². The lowest BCUT2D eigenvalue weighted by atomic mass is 10.3. The molecule has 1 aromatic rings. The Kier molecular flexibility index (Phi) is 3.36. The van der Waals surface area contributed by atoms with Crippen molar-refractivity contribution in [1.82, 2.24) is 0 Å². The van der Waals surface area contributed by atoms with Crippen molar-refractivity contribution in [1.29, 1.82) is 0 Å². The monoisotopic (exact) mass is 183 g/mol. The predicted molar refractivity (Wildman–Crippen MR) is 56.4 cm³/mol. The standard InChI is InChI=1S/C9H14NOP/c1-10-8-6-7(12-3)4-5-9(8)11-2/h4-6,10,12H,1-3H3. The van der Waals surface area contributed by atoms with Crippen LogP contribution >= 0.6 is 8.58 Å². The van der Waals surface area contributed by atoms with Crippen LogP contribution in [0.3, 0.4) is 0 Å². The number of anilines is 1. The van der Waals surface area contributed by atoms with Crippen LogP contribution in [0.5, 0.6) is 5.75 Å². The third-order valence-electron chi connectivity index (χ3n) is 1.76. The number of benzene rings is 1. The lowest BCUT2D eigenvalue weighted by Gasteiger charge is -2.08. The van der Waals surface area contributed by atoms with E-state index in [1.54, 1.807) is 7.11 Å². The molecule has 0 aliphatic rings. The molecular weight excluding hydrogens is 169 g/mol. The Labute approximate surface area is 75.1 Å². The van der Waals surface area contributed by atoms with Crippen molar-refractivity contribution in [3.63, 3.8) is 0 Å². The van der Waals surface area contributed by atoms with Crippen LogP contribution in [0.1, 0.15) is 0 Å². The average molecular weight is 183 g/mol. The van der Waals surface area contributed by atoms with E-state index >= 15 is 0 Å². The van der Waals surface area contributed by atoms with Crippen molar-refractivity contribution in [2.24, 2.45) is 0 Å². The molecule has 1 aromatic carbocycles. The van der Waals surface area contributed by atoms with Gasteiger partial charge in [-0.05, 0) is 24.1 Å². The van der Waals surface area contributed by atoms with E-state index in [-0.39, 0.29) is 0 Å². The molecule has 1 rings (SSSR count). The number of nitrogens with one attached hydrogen (secondary N) is 1. The van der Waals surface area contributed by atoms with Crippen molar-refractivity contribution in [2.75, 3.05) is 26.1 Å². The molecule has 1 N–H and O–H groups in total. The van der Waals surface area contributed by atoms with Crippen LogP contribution in [0.25, 0.3) is 0 Å². The zero-order chi connectivity index (χ0) is 8.97. The molecule has 0 saturated heterocycles. The predicted octanol–water partition coefficient (Wildman–Crippen LogP) is 1.67. The second-order valence-electron chi connectivity index (χ2n) is 2.42. The minimum absolute atomic E-state index is 0.832. The number of methoxy groups -OCH3 is 1. The first kappa shape index (κ1) is 9.34. The molecule has 0 aliphatic heterocycles. The van der Waals surface area contributed by atoms with Crippen LogP contribution in [0.2, 0.25) is 0 Å². The first-order valence-corrected chi connectivity index (χ1v) is 5.35. The summed E-state index contributed by atoms with van der Waals surface area (Å²) in [7, 11) is 4.42. The third-order valence-corrected chi connectivity index (χ3v) is 2.65.